The summed E-state index contributed by atoms with van der Waals surface area (Å²) in [5.41, 5.74) is 2.07. The van der Waals surface area contributed by atoms with Gasteiger partial charge in [-0.15, -0.1) is 0 Å². The summed E-state index contributed by atoms with van der Waals surface area (Å²) < 4.78 is 0. The van der Waals surface area contributed by atoms with Crippen molar-refractivity contribution in [3.8, 4) is 17.2 Å². The van der Waals surface area contributed by atoms with Crippen molar-refractivity contribution in [2.24, 2.45) is 0 Å². The monoisotopic (exact) mass is 273 g/mol. The zero-order valence-corrected chi connectivity index (χ0v) is 11.1. The molecule has 0 spiro atoms. The molecule has 2 rings (SSSR count). The van der Waals surface area contributed by atoms with Crippen LogP contribution in [0.4, 0.5) is 5.69 Å². The van der Waals surface area contributed by atoms with Gasteiger partial charge >= 0.3 is 0 Å². The van der Waals surface area contributed by atoms with Crippen LogP contribution in [0.5, 0.6) is 17.2 Å². The summed E-state index contributed by atoms with van der Waals surface area (Å²) >= 11 is 0. The average molecular weight is 273 g/mol. The summed E-state index contributed by atoms with van der Waals surface area (Å²) in [5, 5.41) is 31.0. The first-order chi connectivity index (χ1) is 9.36. The number of aromatic hydroxyl groups is 3. The van der Waals surface area contributed by atoms with Crippen LogP contribution in [0.25, 0.3) is 0 Å². The molecule has 4 N–H and O–H groups in total. The number of carbonyl (C=O) groups is 1. The summed E-state index contributed by atoms with van der Waals surface area (Å²) in [6.07, 6.45) is 0. The molecule has 0 aliphatic rings. The fourth-order valence-electron chi connectivity index (χ4n) is 1.86. The van der Waals surface area contributed by atoms with Crippen molar-refractivity contribution in [3.63, 3.8) is 0 Å². The van der Waals surface area contributed by atoms with Crippen molar-refractivity contribution >= 4 is 11.6 Å². The Kier molecular flexibility index (Phi) is 3.52. The maximum Gasteiger partial charge on any atom is 0.255 e. The molecule has 0 heterocycles. The Labute approximate surface area is 116 Å². The minimum atomic E-state index is -0.454. The van der Waals surface area contributed by atoms with Crippen molar-refractivity contribution in [1.82, 2.24) is 0 Å². The highest BCUT2D eigenvalue weighted by atomic mass is 16.3. The standard InChI is InChI=1S/C15H15NO4/c1-8-4-14(19)9(2)3-13(8)16-15(20)10-5-11(17)7-12(18)6-10/h3-7,17-19H,1-2H3,(H,16,20). The van der Waals surface area contributed by atoms with Crippen molar-refractivity contribution in [2.75, 3.05) is 5.32 Å². The van der Waals surface area contributed by atoms with Gasteiger partial charge in [-0.2, -0.15) is 0 Å². The molecule has 0 aliphatic heterocycles. The van der Waals surface area contributed by atoms with E-state index in [9.17, 15) is 20.1 Å². The van der Waals surface area contributed by atoms with Gasteiger partial charge in [-0.25, -0.2) is 0 Å². The Bertz CT molecular complexity index is 660. The minimum absolute atomic E-state index is 0.146. The maximum atomic E-state index is 12.1. The normalized spacial score (nSPS) is 10.3. The smallest absolute Gasteiger partial charge is 0.255 e. The second-order valence-corrected chi connectivity index (χ2v) is 4.65. The Morgan fingerprint density at radius 3 is 2.10 bits per heavy atom. The maximum absolute atomic E-state index is 12.1. The van der Waals surface area contributed by atoms with Crippen LogP contribution < -0.4 is 5.32 Å². The largest absolute Gasteiger partial charge is 0.508 e. The molecule has 0 saturated carbocycles. The van der Waals surface area contributed by atoms with E-state index in [0.717, 1.165) is 6.07 Å². The highest BCUT2D eigenvalue weighted by molar-refractivity contribution is 6.05. The number of nitrogens with one attached hydrogen (secondary N) is 1. The lowest BCUT2D eigenvalue weighted by molar-refractivity contribution is 0.102. The van der Waals surface area contributed by atoms with Gasteiger partial charge in [0.15, 0.2) is 0 Å². The molecule has 0 aliphatic carbocycles. The molecule has 0 atom stereocenters. The van der Waals surface area contributed by atoms with E-state index in [4.69, 9.17) is 0 Å². The second kappa shape index (κ2) is 5.13. The summed E-state index contributed by atoms with van der Waals surface area (Å²) in [7, 11) is 0. The van der Waals surface area contributed by atoms with E-state index in [1.807, 2.05) is 0 Å². The van der Waals surface area contributed by atoms with Crippen LogP contribution >= 0.6 is 0 Å². The van der Waals surface area contributed by atoms with Crippen LogP contribution in [0.1, 0.15) is 21.5 Å². The fourth-order valence-corrected chi connectivity index (χ4v) is 1.86. The van der Waals surface area contributed by atoms with Crippen molar-refractivity contribution in [3.05, 3.63) is 47.0 Å². The van der Waals surface area contributed by atoms with E-state index in [1.165, 1.54) is 12.1 Å². The number of anilines is 1. The molecule has 2 aromatic carbocycles. The van der Waals surface area contributed by atoms with Gasteiger partial charge in [0.1, 0.15) is 17.2 Å². The molecule has 5 nitrogen and oxygen atoms in total. The molecule has 104 valence electrons. The highest BCUT2D eigenvalue weighted by Gasteiger charge is 2.11. The number of phenols is 3. The summed E-state index contributed by atoms with van der Waals surface area (Å²) in [6, 6.07) is 6.89. The number of hydrogen-bond acceptors (Lipinski definition) is 4. The second-order valence-electron chi connectivity index (χ2n) is 4.65. The Balaban J connectivity index is 2.30. The molecule has 0 radical (unpaired) electrons. The Morgan fingerprint density at radius 1 is 0.900 bits per heavy atom. The Morgan fingerprint density at radius 2 is 1.50 bits per heavy atom. The SMILES string of the molecule is Cc1cc(NC(=O)c2cc(O)cc(O)c2)c(C)cc1O. The summed E-state index contributed by atoms with van der Waals surface area (Å²) in [6.45, 7) is 3.49. The number of benzene rings is 2. The van der Waals surface area contributed by atoms with Crippen molar-refractivity contribution in [2.45, 2.75) is 13.8 Å². The molecule has 20 heavy (non-hydrogen) atoms. The number of phenolic OH excluding ortho intramolecular Hbond substituents is 3. The molecule has 0 unspecified atom stereocenters. The lowest BCUT2D eigenvalue weighted by Crippen LogP contribution is -2.12. The molecule has 5 heteroatoms. The number of aryl methyl sites for hydroxylation is 2. The van der Waals surface area contributed by atoms with Crippen LogP contribution in [-0.4, -0.2) is 21.2 Å². The van der Waals surface area contributed by atoms with Gasteiger partial charge < -0.3 is 20.6 Å². The van der Waals surface area contributed by atoms with Gasteiger partial charge in [-0.3, -0.25) is 4.79 Å². The first-order valence-corrected chi connectivity index (χ1v) is 6.01. The fraction of sp³-hybridized carbons (Fsp3) is 0.133. The highest BCUT2D eigenvalue weighted by Crippen LogP contribution is 2.26. The van der Waals surface area contributed by atoms with Gasteiger partial charge in [-0.1, -0.05) is 0 Å². The minimum Gasteiger partial charge on any atom is -0.508 e. The third-order valence-electron chi connectivity index (χ3n) is 2.96. The van der Waals surface area contributed by atoms with Gasteiger partial charge in [0.2, 0.25) is 0 Å². The molecular formula is C15H15NO4. The van der Waals surface area contributed by atoms with Crippen LogP contribution in [-0.2, 0) is 0 Å². The van der Waals surface area contributed by atoms with Crippen LogP contribution in [0, 0.1) is 13.8 Å². The first kappa shape index (κ1) is 13.7. The predicted molar refractivity (Wildman–Crippen MR) is 75.3 cm³/mol. The number of amides is 1. The topological polar surface area (TPSA) is 89.8 Å². The third kappa shape index (κ3) is 2.83. The Hall–Kier alpha value is -2.69. The van der Waals surface area contributed by atoms with Crippen molar-refractivity contribution < 1.29 is 20.1 Å². The molecule has 1 amide bonds. The van der Waals surface area contributed by atoms with Gasteiger partial charge in [0.25, 0.3) is 5.91 Å². The average Bonchev–Trinajstić information content (AvgIpc) is 2.34. The lowest BCUT2D eigenvalue weighted by Gasteiger charge is -2.11. The number of carbonyl (C=O) groups excluding carboxylic acids is 1. The summed E-state index contributed by atoms with van der Waals surface area (Å²) in [5.74, 6) is -0.664. The van der Waals surface area contributed by atoms with Gasteiger partial charge in [-0.05, 0) is 49.2 Å². The zero-order valence-electron chi connectivity index (χ0n) is 11.1. The first-order valence-electron chi connectivity index (χ1n) is 6.01. The van der Waals surface area contributed by atoms with Gasteiger partial charge in [0.05, 0.1) is 0 Å². The molecule has 0 fully saturated rings. The molecule has 0 saturated heterocycles. The van der Waals surface area contributed by atoms with Crippen LogP contribution in [0.15, 0.2) is 30.3 Å². The molecule has 0 aromatic heterocycles. The summed E-state index contributed by atoms with van der Waals surface area (Å²) in [4.78, 5) is 12.1. The van der Waals surface area contributed by atoms with E-state index in [1.54, 1.807) is 26.0 Å². The number of rotatable bonds is 2. The van der Waals surface area contributed by atoms with Crippen LogP contribution in [0.2, 0.25) is 0 Å². The predicted octanol–water partition coefficient (Wildman–Crippen LogP) is 2.67. The van der Waals surface area contributed by atoms with E-state index >= 15 is 0 Å². The van der Waals surface area contributed by atoms with Crippen LogP contribution in [0.3, 0.4) is 0 Å². The number of hydrogen-bond donors (Lipinski definition) is 4. The molecule has 2 aromatic rings. The molecule has 0 bridgehead atoms. The zero-order chi connectivity index (χ0) is 14.9. The van der Waals surface area contributed by atoms with E-state index in [2.05, 4.69) is 5.32 Å². The van der Waals surface area contributed by atoms with E-state index in [0.29, 0.717) is 16.8 Å². The third-order valence-corrected chi connectivity index (χ3v) is 2.96. The quantitative estimate of drug-likeness (QED) is 0.633. The van der Waals surface area contributed by atoms with E-state index in [-0.39, 0.29) is 22.8 Å². The van der Waals surface area contributed by atoms with E-state index < -0.39 is 5.91 Å². The molecular weight excluding hydrogens is 258 g/mol. The van der Waals surface area contributed by atoms with Gasteiger partial charge in [0, 0.05) is 17.3 Å². The lowest BCUT2D eigenvalue weighted by atomic mass is 10.1. The van der Waals surface area contributed by atoms with Crippen molar-refractivity contribution in [1.29, 1.82) is 0 Å².